The van der Waals surface area contributed by atoms with Gasteiger partial charge < -0.3 is 9.64 Å². The maximum absolute atomic E-state index is 11.9. The lowest BCUT2D eigenvalue weighted by Crippen LogP contribution is -2.39. The maximum atomic E-state index is 11.9. The number of allylic oxidation sites excluding steroid dienone is 4. The topological polar surface area (TPSA) is 29.5 Å². The maximum Gasteiger partial charge on any atom is 0.410 e. The summed E-state index contributed by atoms with van der Waals surface area (Å²) in [5.74, 6) is 0. The van der Waals surface area contributed by atoms with Crippen LogP contribution in [0.4, 0.5) is 4.79 Å². The zero-order valence-electron chi connectivity index (χ0n) is 12.1. The van der Waals surface area contributed by atoms with Crippen LogP contribution in [0.2, 0.25) is 0 Å². The van der Waals surface area contributed by atoms with Crippen molar-refractivity contribution in [3.05, 3.63) is 48.6 Å². The third-order valence-corrected chi connectivity index (χ3v) is 2.71. The van der Waals surface area contributed by atoms with Crippen LogP contribution in [0.5, 0.6) is 0 Å². The van der Waals surface area contributed by atoms with E-state index in [2.05, 4.69) is 13.2 Å². The molecule has 0 aromatic carbocycles. The Hall–Kier alpha value is -1.77. The largest absolute Gasteiger partial charge is 0.444 e. The molecular formula is C16H23NO2. The Morgan fingerprint density at radius 1 is 1.47 bits per heavy atom. The Morgan fingerprint density at radius 2 is 2.16 bits per heavy atom. The van der Waals surface area contributed by atoms with E-state index in [1.54, 1.807) is 11.0 Å². The molecule has 1 heterocycles. The molecule has 0 bridgehead atoms. The van der Waals surface area contributed by atoms with E-state index in [1.165, 1.54) is 5.57 Å². The summed E-state index contributed by atoms with van der Waals surface area (Å²) < 4.78 is 5.35. The number of hydrogen-bond donors (Lipinski definition) is 0. The van der Waals surface area contributed by atoms with Crippen molar-refractivity contribution in [3.8, 4) is 0 Å². The summed E-state index contributed by atoms with van der Waals surface area (Å²) in [6.07, 6.45) is 8.10. The van der Waals surface area contributed by atoms with Crippen LogP contribution in [0.3, 0.4) is 0 Å². The van der Waals surface area contributed by atoms with Gasteiger partial charge in [0.15, 0.2) is 0 Å². The zero-order chi connectivity index (χ0) is 14.5. The molecule has 3 heteroatoms. The number of hydrogen-bond acceptors (Lipinski definition) is 2. The van der Waals surface area contributed by atoms with E-state index >= 15 is 0 Å². The van der Waals surface area contributed by atoms with Gasteiger partial charge in [0.25, 0.3) is 0 Å². The van der Waals surface area contributed by atoms with Crippen LogP contribution in [-0.4, -0.2) is 29.7 Å². The van der Waals surface area contributed by atoms with Crippen molar-refractivity contribution < 1.29 is 9.53 Å². The average Bonchev–Trinajstić information content (AvgIpc) is 2.34. The van der Waals surface area contributed by atoms with Crippen molar-refractivity contribution in [2.45, 2.75) is 32.8 Å². The molecule has 1 amide bonds. The molecule has 0 unspecified atom stereocenters. The highest BCUT2D eigenvalue weighted by Crippen LogP contribution is 2.20. The van der Waals surface area contributed by atoms with E-state index < -0.39 is 5.60 Å². The van der Waals surface area contributed by atoms with E-state index in [9.17, 15) is 4.79 Å². The van der Waals surface area contributed by atoms with Gasteiger partial charge in [0.05, 0.1) is 0 Å². The normalized spacial score (nSPS) is 16.2. The van der Waals surface area contributed by atoms with Gasteiger partial charge in [-0.3, -0.25) is 0 Å². The molecule has 0 saturated carbocycles. The molecule has 104 valence electrons. The monoisotopic (exact) mass is 261 g/mol. The van der Waals surface area contributed by atoms with Crippen LogP contribution < -0.4 is 0 Å². The Morgan fingerprint density at radius 3 is 2.63 bits per heavy atom. The summed E-state index contributed by atoms with van der Waals surface area (Å²) in [5, 5.41) is 0. The van der Waals surface area contributed by atoms with Crippen molar-refractivity contribution in [1.82, 2.24) is 4.90 Å². The van der Waals surface area contributed by atoms with Crippen LogP contribution in [0.25, 0.3) is 0 Å². The van der Waals surface area contributed by atoms with Crippen LogP contribution in [-0.2, 0) is 4.74 Å². The minimum Gasteiger partial charge on any atom is -0.444 e. The lowest BCUT2D eigenvalue weighted by Gasteiger charge is -2.29. The quantitative estimate of drug-likeness (QED) is 0.722. The van der Waals surface area contributed by atoms with Crippen molar-refractivity contribution in [1.29, 1.82) is 0 Å². The minimum atomic E-state index is -0.447. The first kappa shape index (κ1) is 15.3. The van der Waals surface area contributed by atoms with Gasteiger partial charge in [-0.1, -0.05) is 37.5 Å². The predicted molar refractivity (Wildman–Crippen MR) is 79.0 cm³/mol. The van der Waals surface area contributed by atoms with Gasteiger partial charge in [0, 0.05) is 13.1 Å². The fraction of sp³-hybridized carbons (Fsp3) is 0.438. The molecule has 0 aromatic heterocycles. The van der Waals surface area contributed by atoms with Gasteiger partial charge in [-0.15, -0.1) is 0 Å². The van der Waals surface area contributed by atoms with Gasteiger partial charge >= 0.3 is 6.09 Å². The van der Waals surface area contributed by atoms with Crippen molar-refractivity contribution in [2.75, 3.05) is 13.1 Å². The summed E-state index contributed by atoms with van der Waals surface area (Å²) in [5.41, 5.74) is 1.71. The molecule has 0 radical (unpaired) electrons. The van der Waals surface area contributed by atoms with Crippen LogP contribution >= 0.6 is 0 Å². The molecule has 19 heavy (non-hydrogen) atoms. The first-order chi connectivity index (χ1) is 8.83. The Balaban J connectivity index is 2.58. The van der Waals surface area contributed by atoms with Crippen LogP contribution in [0.15, 0.2) is 48.6 Å². The van der Waals surface area contributed by atoms with Crippen LogP contribution in [0.1, 0.15) is 27.2 Å². The SMILES string of the molecule is C=C/C=C\C(=C)C1=CCN(C(=O)OC(C)(C)C)CC1. The summed E-state index contributed by atoms with van der Waals surface area (Å²) in [7, 11) is 0. The number of rotatable bonds is 3. The first-order valence-electron chi connectivity index (χ1n) is 6.49. The second-order valence-corrected chi connectivity index (χ2v) is 5.53. The lowest BCUT2D eigenvalue weighted by atomic mass is 10.0. The van der Waals surface area contributed by atoms with Gasteiger partial charge in [0.1, 0.15) is 5.60 Å². The molecule has 0 fully saturated rings. The Kier molecular flexibility index (Phi) is 5.16. The molecule has 0 atom stereocenters. The van der Waals surface area contributed by atoms with Gasteiger partial charge in [-0.25, -0.2) is 4.79 Å². The van der Waals surface area contributed by atoms with Gasteiger partial charge in [0.2, 0.25) is 0 Å². The fourth-order valence-electron chi connectivity index (χ4n) is 1.74. The summed E-state index contributed by atoms with van der Waals surface area (Å²) >= 11 is 0. The van der Waals surface area contributed by atoms with Gasteiger partial charge in [-0.05, 0) is 38.3 Å². The second kappa shape index (κ2) is 6.41. The predicted octanol–water partition coefficient (Wildman–Crippen LogP) is 3.85. The number of ether oxygens (including phenoxy) is 1. The third-order valence-electron chi connectivity index (χ3n) is 2.71. The molecule has 0 aromatic rings. The van der Waals surface area contributed by atoms with Gasteiger partial charge in [-0.2, -0.15) is 0 Å². The van der Waals surface area contributed by atoms with E-state index in [0.29, 0.717) is 13.1 Å². The first-order valence-corrected chi connectivity index (χ1v) is 6.49. The highest BCUT2D eigenvalue weighted by atomic mass is 16.6. The summed E-state index contributed by atoms with van der Waals surface area (Å²) in [4.78, 5) is 13.6. The molecule has 0 N–H and O–H groups in total. The number of amides is 1. The molecule has 1 aliphatic heterocycles. The highest BCUT2D eigenvalue weighted by Gasteiger charge is 2.23. The van der Waals surface area contributed by atoms with Crippen molar-refractivity contribution in [2.24, 2.45) is 0 Å². The molecule has 1 rings (SSSR count). The smallest absolute Gasteiger partial charge is 0.410 e. The standard InChI is InChI=1S/C16H23NO2/c1-6-7-8-13(2)14-9-11-17(12-10-14)15(18)19-16(3,4)5/h6-9H,1-2,10-12H2,3-5H3/b8-7-. The lowest BCUT2D eigenvalue weighted by molar-refractivity contribution is 0.0266. The van der Waals surface area contributed by atoms with E-state index in [0.717, 1.165) is 12.0 Å². The van der Waals surface area contributed by atoms with Crippen LogP contribution in [0, 0.1) is 0 Å². The van der Waals surface area contributed by atoms with E-state index in [1.807, 2.05) is 39.0 Å². The summed E-state index contributed by atoms with van der Waals surface area (Å²) in [6, 6.07) is 0. The fourth-order valence-corrected chi connectivity index (χ4v) is 1.74. The van der Waals surface area contributed by atoms with E-state index in [4.69, 9.17) is 4.74 Å². The second-order valence-electron chi connectivity index (χ2n) is 5.53. The molecular weight excluding hydrogens is 238 g/mol. The molecule has 0 spiro atoms. The van der Waals surface area contributed by atoms with E-state index in [-0.39, 0.29) is 6.09 Å². The average molecular weight is 261 g/mol. The third kappa shape index (κ3) is 5.16. The Labute approximate surface area is 115 Å². The molecule has 1 aliphatic rings. The number of carbonyl (C=O) groups is 1. The zero-order valence-corrected chi connectivity index (χ0v) is 12.1. The molecule has 0 aliphatic carbocycles. The number of nitrogens with zero attached hydrogens (tertiary/aromatic N) is 1. The van der Waals surface area contributed by atoms with Crippen molar-refractivity contribution in [3.63, 3.8) is 0 Å². The van der Waals surface area contributed by atoms with Crippen molar-refractivity contribution >= 4 is 6.09 Å². The highest BCUT2D eigenvalue weighted by molar-refractivity contribution is 5.68. The minimum absolute atomic E-state index is 0.255. The Bertz CT molecular complexity index is 425. The summed E-state index contributed by atoms with van der Waals surface area (Å²) in [6.45, 7) is 14.5. The molecule has 0 saturated heterocycles. The molecule has 3 nitrogen and oxygen atoms in total. The number of carbonyl (C=O) groups excluding carboxylic acids is 1.